The summed E-state index contributed by atoms with van der Waals surface area (Å²) in [4.78, 5) is 40.8. The predicted molar refractivity (Wildman–Crippen MR) is 134 cm³/mol. The number of hydrogen-bond donors (Lipinski definition) is 0. The van der Waals surface area contributed by atoms with Crippen LogP contribution in [0, 0.1) is 0 Å². The van der Waals surface area contributed by atoms with E-state index in [1.54, 1.807) is 12.1 Å². The van der Waals surface area contributed by atoms with E-state index >= 15 is 0 Å². The number of carbonyl (C=O) groups is 3. The number of anilines is 1. The van der Waals surface area contributed by atoms with E-state index in [1.165, 1.54) is 23.1 Å². The summed E-state index contributed by atoms with van der Waals surface area (Å²) in [5.74, 6) is -1.40. The number of esters is 1. The summed E-state index contributed by atoms with van der Waals surface area (Å²) in [6.45, 7) is 1.97. The molecule has 5 nitrogen and oxygen atoms in total. The number of aryl methyl sites for hydroxylation is 1. The van der Waals surface area contributed by atoms with Gasteiger partial charge in [-0.1, -0.05) is 85.8 Å². The lowest BCUT2D eigenvalue weighted by Gasteiger charge is -2.19. The molecule has 2 amide bonds. The number of amides is 2. The second kappa shape index (κ2) is 9.39. The minimum Gasteiger partial charge on any atom is -0.449 e. The predicted octanol–water partition coefficient (Wildman–Crippen LogP) is 6.00. The Kier molecular flexibility index (Phi) is 5.98. The van der Waals surface area contributed by atoms with Crippen LogP contribution < -0.4 is 4.90 Å². The molecular formula is C30H23NO4. The Labute approximate surface area is 203 Å². The third kappa shape index (κ3) is 4.13. The van der Waals surface area contributed by atoms with Crippen LogP contribution in [-0.4, -0.2) is 17.8 Å². The molecule has 5 rings (SSSR count). The van der Waals surface area contributed by atoms with Crippen molar-refractivity contribution in [3.8, 4) is 0 Å². The van der Waals surface area contributed by atoms with Crippen LogP contribution in [0.2, 0.25) is 0 Å². The van der Waals surface area contributed by atoms with E-state index in [2.05, 4.69) is 0 Å². The summed E-state index contributed by atoms with van der Waals surface area (Å²) in [5, 5.41) is 0. The van der Waals surface area contributed by atoms with Crippen LogP contribution in [0.5, 0.6) is 0 Å². The first kappa shape index (κ1) is 22.3. The van der Waals surface area contributed by atoms with Crippen LogP contribution in [0.1, 0.15) is 60.8 Å². The molecule has 1 heterocycles. The highest BCUT2D eigenvalue weighted by molar-refractivity contribution is 6.35. The van der Waals surface area contributed by atoms with E-state index in [9.17, 15) is 14.4 Å². The highest BCUT2D eigenvalue weighted by Gasteiger charge is 2.38. The largest absolute Gasteiger partial charge is 0.449 e. The van der Waals surface area contributed by atoms with Gasteiger partial charge < -0.3 is 4.74 Å². The molecule has 0 saturated carbocycles. The molecular weight excluding hydrogens is 438 g/mol. The number of para-hydroxylation sites is 1. The van der Waals surface area contributed by atoms with Gasteiger partial charge >= 0.3 is 5.97 Å². The van der Waals surface area contributed by atoms with Crippen molar-refractivity contribution in [1.29, 1.82) is 0 Å². The van der Waals surface area contributed by atoms with Gasteiger partial charge in [-0.3, -0.25) is 9.59 Å². The SMILES string of the molecule is CCc1ccccc1N1C(=O)c2ccc(C(=O)OC(c3ccccc3)c3ccccc3)cc2C1=O. The number of imide groups is 1. The molecule has 0 aromatic heterocycles. The van der Waals surface area contributed by atoms with E-state index in [-0.39, 0.29) is 16.7 Å². The van der Waals surface area contributed by atoms with Crippen molar-refractivity contribution in [3.05, 3.63) is 137 Å². The van der Waals surface area contributed by atoms with Crippen molar-refractivity contribution < 1.29 is 19.1 Å². The molecule has 172 valence electrons. The minimum absolute atomic E-state index is 0.200. The van der Waals surface area contributed by atoms with Gasteiger partial charge in [-0.2, -0.15) is 0 Å². The normalized spacial score (nSPS) is 12.7. The maximum absolute atomic E-state index is 13.3. The molecule has 0 bridgehead atoms. The van der Waals surface area contributed by atoms with Crippen molar-refractivity contribution >= 4 is 23.5 Å². The Morgan fingerprint density at radius 1 is 0.743 bits per heavy atom. The van der Waals surface area contributed by atoms with Crippen molar-refractivity contribution in [2.75, 3.05) is 4.90 Å². The molecule has 0 saturated heterocycles. The van der Waals surface area contributed by atoms with Crippen molar-refractivity contribution in [2.45, 2.75) is 19.4 Å². The summed E-state index contributed by atoms with van der Waals surface area (Å²) in [5.41, 5.74) is 3.83. The molecule has 0 aliphatic carbocycles. The first-order valence-electron chi connectivity index (χ1n) is 11.5. The van der Waals surface area contributed by atoms with E-state index in [0.29, 0.717) is 12.1 Å². The first-order chi connectivity index (χ1) is 17.1. The van der Waals surface area contributed by atoms with Gasteiger partial charge in [0.05, 0.1) is 22.4 Å². The molecule has 4 aromatic rings. The van der Waals surface area contributed by atoms with Crippen LogP contribution in [-0.2, 0) is 11.2 Å². The van der Waals surface area contributed by atoms with Gasteiger partial charge in [-0.15, -0.1) is 0 Å². The number of carbonyl (C=O) groups excluding carboxylic acids is 3. The van der Waals surface area contributed by atoms with E-state index < -0.39 is 23.9 Å². The molecule has 5 heteroatoms. The smallest absolute Gasteiger partial charge is 0.339 e. The van der Waals surface area contributed by atoms with Gasteiger partial charge in [-0.25, -0.2) is 9.69 Å². The molecule has 4 aromatic carbocycles. The van der Waals surface area contributed by atoms with Crippen LogP contribution >= 0.6 is 0 Å². The average Bonchev–Trinajstić information content (AvgIpc) is 3.17. The fourth-order valence-electron chi connectivity index (χ4n) is 4.37. The van der Waals surface area contributed by atoms with Crippen LogP contribution in [0.15, 0.2) is 103 Å². The second-order valence-corrected chi connectivity index (χ2v) is 8.30. The molecule has 0 unspecified atom stereocenters. The highest BCUT2D eigenvalue weighted by Crippen LogP contribution is 2.32. The molecule has 0 N–H and O–H groups in total. The van der Waals surface area contributed by atoms with Gasteiger partial charge in [0.25, 0.3) is 11.8 Å². The van der Waals surface area contributed by atoms with Gasteiger partial charge in [0.15, 0.2) is 6.10 Å². The molecule has 35 heavy (non-hydrogen) atoms. The minimum atomic E-state index is -0.608. The van der Waals surface area contributed by atoms with Crippen molar-refractivity contribution in [3.63, 3.8) is 0 Å². The van der Waals surface area contributed by atoms with Crippen LogP contribution in [0.25, 0.3) is 0 Å². The fraction of sp³-hybridized carbons (Fsp3) is 0.100. The number of rotatable bonds is 6. The number of hydrogen-bond acceptors (Lipinski definition) is 4. The Morgan fingerprint density at radius 2 is 1.31 bits per heavy atom. The molecule has 1 aliphatic rings. The molecule has 1 aliphatic heterocycles. The third-order valence-corrected chi connectivity index (χ3v) is 6.17. The molecule has 0 fully saturated rings. The Balaban J connectivity index is 1.46. The summed E-state index contributed by atoms with van der Waals surface area (Å²) >= 11 is 0. The van der Waals surface area contributed by atoms with Gasteiger partial charge in [0.2, 0.25) is 0 Å². The lowest BCUT2D eigenvalue weighted by atomic mass is 10.0. The highest BCUT2D eigenvalue weighted by atomic mass is 16.5. The molecule has 0 radical (unpaired) electrons. The number of fused-ring (bicyclic) bond motifs is 1. The van der Waals surface area contributed by atoms with Crippen LogP contribution in [0.3, 0.4) is 0 Å². The standard InChI is InChI=1S/C30H23NO4/c1-2-20-11-9-10-16-26(20)31-28(32)24-18-17-23(19-25(24)29(31)33)30(34)35-27(21-12-5-3-6-13-21)22-14-7-4-8-15-22/h3-19,27H,2H2,1H3. The third-order valence-electron chi connectivity index (χ3n) is 6.17. The summed E-state index contributed by atoms with van der Waals surface area (Å²) in [6, 6.07) is 30.8. The van der Waals surface area contributed by atoms with Crippen molar-refractivity contribution in [2.24, 2.45) is 0 Å². The number of nitrogens with zero attached hydrogens (tertiary/aromatic N) is 1. The summed E-state index contributed by atoms with van der Waals surface area (Å²) < 4.78 is 5.93. The summed E-state index contributed by atoms with van der Waals surface area (Å²) in [7, 11) is 0. The average molecular weight is 462 g/mol. The second-order valence-electron chi connectivity index (χ2n) is 8.30. The topological polar surface area (TPSA) is 63.7 Å². The maximum atomic E-state index is 13.3. The molecule has 0 atom stereocenters. The lowest BCUT2D eigenvalue weighted by molar-refractivity contribution is 0.0378. The Morgan fingerprint density at radius 3 is 1.94 bits per heavy atom. The van der Waals surface area contributed by atoms with Crippen molar-refractivity contribution in [1.82, 2.24) is 0 Å². The fourth-order valence-corrected chi connectivity index (χ4v) is 4.37. The van der Waals surface area contributed by atoms with Gasteiger partial charge in [-0.05, 0) is 47.4 Å². The Hall–Kier alpha value is -4.51. The zero-order valence-corrected chi connectivity index (χ0v) is 19.2. The lowest BCUT2D eigenvalue weighted by Crippen LogP contribution is -2.30. The number of ether oxygens (including phenoxy) is 1. The summed E-state index contributed by atoms with van der Waals surface area (Å²) in [6.07, 6.45) is 0.0741. The van der Waals surface area contributed by atoms with E-state index in [1.807, 2.05) is 79.7 Å². The first-order valence-corrected chi connectivity index (χ1v) is 11.5. The number of benzene rings is 4. The zero-order chi connectivity index (χ0) is 24.4. The Bertz CT molecular complexity index is 1370. The quantitative estimate of drug-likeness (QED) is 0.261. The van der Waals surface area contributed by atoms with Crippen LogP contribution in [0.4, 0.5) is 5.69 Å². The van der Waals surface area contributed by atoms with E-state index in [4.69, 9.17) is 4.74 Å². The monoisotopic (exact) mass is 461 g/mol. The van der Waals surface area contributed by atoms with Gasteiger partial charge in [0, 0.05) is 0 Å². The molecule has 0 spiro atoms. The zero-order valence-electron chi connectivity index (χ0n) is 19.2. The van der Waals surface area contributed by atoms with Gasteiger partial charge in [0.1, 0.15) is 0 Å². The maximum Gasteiger partial charge on any atom is 0.339 e. The van der Waals surface area contributed by atoms with E-state index in [0.717, 1.165) is 16.7 Å².